The van der Waals surface area contributed by atoms with Gasteiger partial charge in [0.05, 0.1) is 23.8 Å². The van der Waals surface area contributed by atoms with Gasteiger partial charge in [-0.1, -0.05) is 19.9 Å². The average Bonchev–Trinajstić information content (AvgIpc) is 2.92. The molecule has 1 saturated heterocycles. The number of hydrogen-bond acceptors (Lipinski definition) is 3. The van der Waals surface area contributed by atoms with E-state index < -0.39 is 71.4 Å². The largest absolute Gasteiger partial charge is 0.496 e. The van der Waals surface area contributed by atoms with Crippen LogP contribution in [-0.4, -0.2) is 24.1 Å². The van der Waals surface area contributed by atoms with E-state index in [9.17, 15) is 48.7 Å². The van der Waals surface area contributed by atoms with Crippen LogP contribution in [0.15, 0.2) is 48.5 Å². The lowest BCUT2D eigenvalue weighted by Crippen LogP contribution is -2.44. The third kappa shape index (κ3) is 7.30. The molecule has 0 saturated carbocycles. The minimum absolute atomic E-state index is 0.0113. The Kier molecular flexibility index (Phi) is 9.11. The Morgan fingerprint density at radius 1 is 0.844 bits per heavy atom. The highest BCUT2D eigenvalue weighted by Gasteiger charge is 2.40. The summed E-state index contributed by atoms with van der Waals surface area (Å²) in [4.78, 5) is 14.2. The second-order valence-electron chi connectivity index (χ2n) is 11.0. The van der Waals surface area contributed by atoms with Crippen LogP contribution in [0, 0.1) is 5.82 Å². The highest BCUT2D eigenvalue weighted by atomic mass is 19.4. The molecule has 4 nitrogen and oxygen atoms in total. The molecule has 1 unspecified atom stereocenters. The maximum absolute atomic E-state index is 14.7. The van der Waals surface area contributed by atoms with Gasteiger partial charge in [-0.25, -0.2) is 9.18 Å². The summed E-state index contributed by atoms with van der Waals surface area (Å²) < 4.78 is 147. The van der Waals surface area contributed by atoms with Crippen LogP contribution in [-0.2, 0) is 29.8 Å². The molecule has 1 heterocycles. The maximum atomic E-state index is 14.7. The molecule has 2 atom stereocenters. The summed E-state index contributed by atoms with van der Waals surface area (Å²) in [6, 6.07) is 5.29. The zero-order valence-corrected chi connectivity index (χ0v) is 24.2. The molecule has 1 fully saturated rings. The second kappa shape index (κ2) is 12.1. The van der Waals surface area contributed by atoms with Crippen molar-refractivity contribution >= 4 is 6.09 Å². The van der Waals surface area contributed by atoms with Gasteiger partial charge in [-0.05, 0) is 71.5 Å². The number of alkyl halides is 9. The number of cyclic esters (lactones) is 1. The first-order valence-corrected chi connectivity index (χ1v) is 13.5. The molecule has 0 aliphatic carbocycles. The molecule has 0 N–H and O–H groups in total. The van der Waals surface area contributed by atoms with E-state index >= 15 is 0 Å². The van der Waals surface area contributed by atoms with E-state index in [1.807, 2.05) is 0 Å². The topological polar surface area (TPSA) is 38.8 Å². The number of ether oxygens (including phenoxy) is 2. The Labute approximate surface area is 251 Å². The van der Waals surface area contributed by atoms with Crippen LogP contribution >= 0.6 is 0 Å². The van der Waals surface area contributed by atoms with Gasteiger partial charge < -0.3 is 14.4 Å². The Hall–Kier alpha value is -3.97. The zero-order chi connectivity index (χ0) is 33.6. The van der Waals surface area contributed by atoms with Crippen molar-refractivity contribution in [2.75, 3.05) is 7.11 Å². The number of amides is 1. The predicted octanol–water partition coefficient (Wildman–Crippen LogP) is 10.2. The van der Waals surface area contributed by atoms with Crippen molar-refractivity contribution in [3.05, 3.63) is 87.7 Å². The Balaban J connectivity index is 1.74. The number of halogens is 10. The van der Waals surface area contributed by atoms with E-state index in [1.54, 1.807) is 13.8 Å². The molecule has 0 spiro atoms. The van der Waals surface area contributed by atoms with Gasteiger partial charge in [0, 0.05) is 30.6 Å². The predicted molar refractivity (Wildman–Crippen MR) is 143 cm³/mol. The molecule has 4 rings (SSSR count). The van der Waals surface area contributed by atoms with Crippen molar-refractivity contribution < 1.29 is 58.2 Å². The molecule has 1 amide bonds. The molecule has 14 heteroatoms. The molecule has 3 aromatic rings. The van der Waals surface area contributed by atoms with Crippen molar-refractivity contribution in [2.24, 2.45) is 0 Å². The lowest BCUT2D eigenvalue weighted by Gasteiger charge is -2.38. The fraction of sp³-hybridized carbons (Fsp3) is 0.387. The number of carbonyl (C=O) groups is 1. The number of rotatable bonds is 6. The van der Waals surface area contributed by atoms with Crippen LogP contribution in [0.2, 0.25) is 0 Å². The normalized spacial score (nSPS) is 17.9. The minimum atomic E-state index is -5.12. The Bertz CT molecular complexity index is 1550. The van der Waals surface area contributed by atoms with E-state index in [0.717, 1.165) is 29.2 Å². The maximum Gasteiger partial charge on any atom is 0.416 e. The summed E-state index contributed by atoms with van der Waals surface area (Å²) in [6.07, 6.45) is -18.0. The first-order chi connectivity index (χ1) is 20.7. The Morgan fingerprint density at radius 2 is 1.42 bits per heavy atom. The lowest BCUT2D eigenvalue weighted by atomic mass is 9.91. The highest BCUT2D eigenvalue weighted by molar-refractivity contribution is 5.76. The molecule has 0 aromatic heterocycles. The molecule has 1 aliphatic heterocycles. The Morgan fingerprint density at radius 3 is 1.91 bits per heavy atom. The van der Waals surface area contributed by atoms with Crippen molar-refractivity contribution in [1.29, 1.82) is 0 Å². The number of benzene rings is 3. The standard InChI is InChI=1S/C31H27F10NO3/c1-15(2)23-12-24(27(44-4)13-25(23)32)22-6-5-19(29(33,34)35)10-18(22)14-42-16(3)7-26(45-28(42)43)17-8-20(30(36,37)38)11-21(9-17)31(39,40)41/h5-6,8-13,15-16,26H,7,14H2,1-4H3/t16?,26-/m0/s1. The van der Waals surface area contributed by atoms with Gasteiger partial charge in [-0.2, -0.15) is 39.5 Å². The van der Waals surface area contributed by atoms with Gasteiger partial charge in [-0.3, -0.25) is 0 Å². The monoisotopic (exact) mass is 651 g/mol. The summed E-state index contributed by atoms with van der Waals surface area (Å²) in [5.41, 5.74) is -4.11. The fourth-order valence-electron chi connectivity index (χ4n) is 5.18. The van der Waals surface area contributed by atoms with Gasteiger partial charge in [0.25, 0.3) is 0 Å². The van der Waals surface area contributed by atoms with Crippen LogP contribution in [0.3, 0.4) is 0 Å². The van der Waals surface area contributed by atoms with E-state index in [-0.39, 0.29) is 46.4 Å². The third-order valence-electron chi connectivity index (χ3n) is 7.55. The molecule has 3 aromatic carbocycles. The van der Waals surface area contributed by atoms with Crippen LogP contribution in [0.4, 0.5) is 48.7 Å². The molecular weight excluding hydrogens is 624 g/mol. The van der Waals surface area contributed by atoms with Crippen LogP contribution in [0.5, 0.6) is 5.75 Å². The SMILES string of the molecule is COc1cc(F)c(C(C)C)cc1-c1ccc(C(F)(F)F)cc1CN1C(=O)O[C@H](c2cc(C(F)(F)F)cc(C(F)(F)F)c2)CC1C. The molecule has 0 radical (unpaired) electrons. The van der Waals surface area contributed by atoms with Gasteiger partial charge in [0.15, 0.2) is 0 Å². The van der Waals surface area contributed by atoms with Crippen LogP contribution < -0.4 is 4.74 Å². The first kappa shape index (κ1) is 33.9. The fourth-order valence-corrected chi connectivity index (χ4v) is 5.18. The summed E-state index contributed by atoms with van der Waals surface area (Å²) in [7, 11) is 1.25. The van der Waals surface area contributed by atoms with Gasteiger partial charge in [0.1, 0.15) is 17.7 Å². The quantitative estimate of drug-likeness (QED) is 0.249. The average molecular weight is 652 g/mol. The number of hydrogen-bond donors (Lipinski definition) is 0. The molecular formula is C31H27F10NO3. The second-order valence-corrected chi connectivity index (χ2v) is 11.0. The highest BCUT2D eigenvalue weighted by Crippen LogP contribution is 2.43. The third-order valence-corrected chi connectivity index (χ3v) is 7.55. The van der Waals surface area contributed by atoms with Crippen LogP contribution in [0.1, 0.15) is 72.6 Å². The first-order valence-electron chi connectivity index (χ1n) is 13.5. The summed E-state index contributed by atoms with van der Waals surface area (Å²) in [6.45, 7) is 4.38. The summed E-state index contributed by atoms with van der Waals surface area (Å²) in [5.74, 6) is -0.894. The molecule has 1 aliphatic rings. The molecule has 244 valence electrons. The van der Waals surface area contributed by atoms with E-state index in [2.05, 4.69) is 0 Å². The van der Waals surface area contributed by atoms with Gasteiger partial charge in [-0.15, -0.1) is 0 Å². The minimum Gasteiger partial charge on any atom is -0.496 e. The number of methoxy groups -OCH3 is 1. The van der Waals surface area contributed by atoms with Crippen molar-refractivity contribution in [2.45, 2.75) is 70.3 Å². The smallest absolute Gasteiger partial charge is 0.416 e. The zero-order valence-electron chi connectivity index (χ0n) is 24.2. The van der Waals surface area contributed by atoms with Crippen molar-refractivity contribution in [3.63, 3.8) is 0 Å². The van der Waals surface area contributed by atoms with Crippen molar-refractivity contribution in [3.8, 4) is 16.9 Å². The molecule has 45 heavy (non-hydrogen) atoms. The van der Waals surface area contributed by atoms with E-state index in [1.165, 1.54) is 20.1 Å². The number of carbonyl (C=O) groups excluding carboxylic acids is 1. The summed E-state index contributed by atoms with van der Waals surface area (Å²) in [5, 5.41) is 0. The van der Waals surface area contributed by atoms with Gasteiger partial charge >= 0.3 is 24.6 Å². The van der Waals surface area contributed by atoms with E-state index in [4.69, 9.17) is 9.47 Å². The van der Waals surface area contributed by atoms with Crippen LogP contribution in [0.25, 0.3) is 11.1 Å². The number of nitrogens with zero attached hydrogens (tertiary/aromatic N) is 1. The molecule has 0 bridgehead atoms. The lowest BCUT2D eigenvalue weighted by molar-refractivity contribution is -0.143. The van der Waals surface area contributed by atoms with Gasteiger partial charge in [0.2, 0.25) is 0 Å². The summed E-state index contributed by atoms with van der Waals surface area (Å²) >= 11 is 0. The van der Waals surface area contributed by atoms with E-state index in [0.29, 0.717) is 12.1 Å². The van der Waals surface area contributed by atoms with Crippen molar-refractivity contribution in [1.82, 2.24) is 4.90 Å².